The highest BCUT2D eigenvalue weighted by molar-refractivity contribution is 7.90. The Labute approximate surface area is 121 Å². The molecule has 0 unspecified atom stereocenters. The highest BCUT2D eigenvalue weighted by Gasteiger charge is 2.17. The van der Waals surface area contributed by atoms with Crippen molar-refractivity contribution in [3.8, 4) is 0 Å². The first kappa shape index (κ1) is 17.9. The first-order chi connectivity index (χ1) is 9.63. The zero-order chi connectivity index (χ0) is 16.1. The molecule has 0 atom stereocenters. The predicted molar refractivity (Wildman–Crippen MR) is 69.8 cm³/mol. The van der Waals surface area contributed by atoms with Gasteiger partial charge in [0.25, 0.3) is 6.43 Å². The molecule has 1 aromatic carbocycles. The molecule has 0 heterocycles. The molecule has 0 aliphatic heterocycles. The molecule has 21 heavy (non-hydrogen) atoms. The predicted octanol–water partition coefficient (Wildman–Crippen LogP) is -0.106. The number of nitrogens with one attached hydrogen (secondary N) is 1. The van der Waals surface area contributed by atoms with E-state index >= 15 is 0 Å². The lowest BCUT2D eigenvalue weighted by Gasteiger charge is -2.08. The van der Waals surface area contributed by atoms with Crippen LogP contribution in [0.3, 0.4) is 0 Å². The lowest BCUT2D eigenvalue weighted by Crippen LogP contribution is -2.28. The third kappa shape index (κ3) is 6.01. The molecule has 7 nitrogen and oxygen atoms in total. The summed E-state index contributed by atoms with van der Waals surface area (Å²) in [5.41, 5.74) is 0. The summed E-state index contributed by atoms with van der Waals surface area (Å²) in [6.07, 6.45) is -2.63. The van der Waals surface area contributed by atoms with Crippen molar-refractivity contribution in [1.82, 2.24) is 4.72 Å². The Kier molecular flexibility index (Phi) is 6.16. The maximum absolute atomic E-state index is 11.9. The van der Waals surface area contributed by atoms with Gasteiger partial charge < -0.3 is 4.74 Å². The molecule has 0 fully saturated rings. The van der Waals surface area contributed by atoms with Gasteiger partial charge in [-0.3, -0.25) is 0 Å². The molecule has 3 N–H and O–H groups in total. The van der Waals surface area contributed by atoms with Gasteiger partial charge >= 0.3 is 0 Å². The van der Waals surface area contributed by atoms with Gasteiger partial charge in [0.05, 0.1) is 16.4 Å². The molecule has 0 saturated carbocycles. The minimum atomic E-state index is -4.02. The number of sulfonamides is 2. The monoisotopic (exact) mass is 344 g/mol. The highest BCUT2D eigenvalue weighted by Crippen LogP contribution is 2.14. The third-order valence-electron chi connectivity index (χ3n) is 2.23. The Balaban J connectivity index is 2.71. The Morgan fingerprint density at radius 1 is 1.19 bits per heavy atom. The van der Waals surface area contributed by atoms with Gasteiger partial charge in [-0.15, -0.1) is 0 Å². The zero-order valence-corrected chi connectivity index (χ0v) is 12.3. The normalized spacial score (nSPS) is 12.8. The molecule has 0 amide bonds. The summed E-state index contributed by atoms with van der Waals surface area (Å²) >= 11 is 0. The summed E-state index contributed by atoms with van der Waals surface area (Å²) < 4.78 is 76.2. The van der Waals surface area contributed by atoms with Crippen molar-refractivity contribution < 1.29 is 30.4 Å². The maximum atomic E-state index is 11.9. The van der Waals surface area contributed by atoms with Gasteiger partial charge in [-0.25, -0.2) is 35.5 Å². The van der Waals surface area contributed by atoms with Crippen molar-refractivity contribution >= 4 is 20.0 Å². The number of hydrogen-bond donors (Lipinski definition) is 2. The molecular weight excluding hydrogens is 330 g/mol. The molecule has 0 spiro atoms. The fraction of sp³-hybridized carbons (Fsp3) is 0.400. The van der Waals surface area contributed by atoms with E-state index in [1.165, 1.54) is 12.1 Å². The third-order valence-corrected chi connectivity index (χ3v) is 4.60. The van der Waals surface area contributed by atoms with E-state index in [0.29, 0.717) is 0 Å². The Morgan fingerprint density at radius 2 is 1.81 bits per heavy atom. The van der Waals surface area contributed by atoms with Crippen LogP contribution in [-0.2, 0) is 24.8 Å². The summed E-state index contributed by atoms with van der Waals surface area (Å²) in [5.74, 6) is 0. The molecule has 0 saturated heterocycles. The molecular formula is C10H14F2N2O5S2. The molecule has 0 aromatic heterocycles. The van der Waals surface area contributed by atoms with Crippen LogP contribution in [0.2, 0.25) is 0 Å². The van der Waals surface area contributed by atoms with Crippen LogP contribution in [0, 0.1) is 0 Å². The summed E-state index contributed by atoms with van der Waals surface area (Å²) in [5, 5.41) is 4.90. The van der Waals surface area contributed by atoms with Gasteiger partial charge in [-0.1, -0.05) is 6.07 Å². The van der Waals surface area contributed by atoms with Crippen molar-refractivity contribution in [2.45, 2.75) is 16.2 Å². The second-order valence-electron chi connectivity index (χ2n) is 3.88. The van der Waals surface area contributed by atoms with E-state index in [2.05, 4.69) is 9.46 Å². The molecule has 1 aromatic rings. The second-order valence-corrected chi connectivity index (χ2v) is 7.21. The van der Waals surface area contributed by atoms with Gasteiger partial charge in [0.1, 0.15) is 6.61 Å². The minimum Gasteiger partial charge on any atom is -0.374 e. The topological polar surface area (TPSA) is 116 Å². The average Bonchev–Trinajstić information content (AvgIpc) is 2.37. The molecule has 120 valence electrons. The van der Waals surface area contributed by atoms with E-state index in [1.54, 1.807) is 0 Å². The standard InChI is InChI=1S/C10H14F2N2O5S2/c11-10(12)7-19-5-4-14-21(17,18)9-3-1-2-8(6-9)20(13,15)16/h1-3,6,10,14H,4-5,7H2,(H2,13,15,16). The minimum absolute atomic E-state index is 0.228. The largest absolute Gasteiger partial charge is 0.374 e. The van der Waals surface area contributed by atoms with Crippen molar-refractivity contribution in [2.24, 2.45) is 5.14 Å². The summed E-state index contributed by atoms with van der Waals surface area (Å²) in [6, 6.07) is 4.45. The van der Waals surface area contributed by atoms with E-state index in [0.717, 1.165) is 12.1 Å². The van der Waals surface area contributed by atoms with Gasteiger partial charge in [0, 0.05) is 6.54 Å². The van der Waals surface area contributed by atoms with Crippen LogP contribution >= 0.6 is 0 Å². The van der Waals surface area contributed by atoms with Gasteiger partial charge in [0.2, 0.25) is 20.0 Å². The van der Waals surface area contributed by atoms with Crippen molar-refractivity contribution in [3.05, 3.63) is 24.3 Å². The van der Waals surface area contributed by atoms with Gasteiger partial charge in [-0.2, -0.15) is 0 Å². The summed E-state index contributed by atoms with van der Waals surface area (Å²) in [6.45, 7) is -1.25. The molecule has 0 aliphatic rings. The van der Waals surface area contributed by atoms with Gasteiger partial charge in [0.15, 0.2) is 0 Å². The summed E-state index contributed by atoms with van der Waals surface area (Å²) in [4.78, 5) is -0.651. The van der Waals surface area contributed by atoms with Crippen molar-refractivity contribution in [1.29, 1.82) is 0 Å². The molecule has 0 bridgehead atoms. The van der Waals surface area contributed by atoms with Crippen LogP contribution in [0.5, 0.6) is 0 Å². The zero-order valence-electron chi connectivity index (χ0n) is 10.7. The molecule has 1 rings (SSSR count). The van der Waals surface area contributed by atoms with Crippen LogP contribution in [-0.4, -0.2) is 43.0 Å². The van der Waals surface area contributed by atoms with E-state index in [9.17, 15) is 25.6 Å². The smallest absolute Gasteiger partial charge is 0.261 e. The molecule has 0 aliphatic carbocycles. The first-order valence-electron chi connectivity index (χ1n) is 5.61. The van der Waals surface area contributed by atoms with E-state index in [-0.39, 0.29) is 22.9 Å². The number of primary sulfonamides is 1. The fourth-order valence-electron chi connectivity index (χ4n) is 1.32. The summed E-state index contributed by atoms with van der Waals surface area (Å²) in [7, 11) is -8.01. The molecule has 11 heteroatoms. The molecule has 0 radical (unpaired) electrons. The Morgan fingerprint density at radius 3 is 2.38 bits per heavy atom. The number of rotatable bonds is 8. The van der Waals surface area contributed by atoms with E-state index < -0.39 is 33.1 Å². The quantitative estimate of drug-likeness (QED) is 0.639. The van der Waals surface area contributed by atoms with Crippen molar-refractivity contribution in [3.63, 3.8) is 0 Å². The lowest BCUT2D eigenvalue weighted by molar-refractivity contribution is 0.0199. The number of alkyl halides is 2. The maximum Gasteiger partial charge on any atom is 0.261 e. The van der Waals surface area contributed by atoms with E-state index in [4.69, 9.17) is 5.14 Å². The number of ether oxygens (including phenoxy) is 1. The highest BCUT2D eigenvalue weighted by atomic mass is 32.2. The number of halogens is 2. The Bertz CT molecular complexity index is 676. The SMILES string of the molecule is NS(=O)(=O)c1cccc(S(=O)(=O)NCCOCC(F)F)c1. The first-order valence-corrected chi connectivity index (χ1v) is 8.64. The van der Waals surface area contributed by atoms with Crippen molar-refractivity contribution in [2.75, 3.05) is 19.8 Å². The second kappa shape index (κ2) is 7.22. The van der Waals surface area contributed by atoms with Crippen LogP contribution in [0.1, 0.15) is 0 Å². The van der Waals surface area contributed by atoms with Crippen LogP contribution in [0.15, 0.2) is 34.1 Å². The number of benzene rings is 1. The number of nitrogens with two attached hydrogens (primary N) is 1. The lowest BCUT2D eigenvalue weighted by atomic mass is 10.4. The fourth-order valence-corrected chi connectivity index (χ4v) is 3.01. The van der Waals surface area contributed by atoms with E-state index in [1.807, 2.05) is 0 Å². The van der Waals surface area contributed by atoms with Crippen LogP contribution in [0.25, 0.3) is 0 Å². The van der Waals surface area contributed by atoms with Crippen LogP contribution in [0.4, 0.5) is 8.78 Å². The average molecular weight is 344 g/mol. The number of hydrogen-bond acceptors (Lipinski definition) is 5. The Hall–Kier alpha value is -1.14. The van der Waals surface area contributed by atoms with Crippen LogP contribution < -0.4 is 9.86 Å². The van der Waals surface area contributed by atoms with Gasteiger partial charge in [-0.05, 0) is 18.2 Å².